The second-order valence-corrected chi connectivity index (χ2v) is 5.62. The first-order chi connectivity index (χ1) is 10.5. The Labute approximate surface area is 133 Å². The summed E-state index contributed by atoms with van der Waals surface area (Å²) in [6, 6.07) is 6.87. The van der Waals surface area contributed by atoms with Crippen molar-refractivity contribution in [3.8, 4) is 11.6 Å². The fraction of sp³-hybridized carbons (Fsp3) is 0.214. The molecule has 2 heterocycles. The molecule has 114 valence electrons. The van der Waals surface area contributed by atoms with Crippen LogP contribution in [0.4, 0.5) is 8.78 Å². The van der Waals surface area contributed by atoms with Crippen LogP contribution < -0.4 is 4.74 Å². The van der Waals surface area contributed by atoms with Crippen molar-refractivity contribution in [3.05, 3.63) is 45.7 Å². The average molecular weight is 369 g/mol. The molecule has 1 aromatic carbocycles. The minimum Gasteiger partial charge on any atom is -0.437 e. The van der Waals surface area contributed by atoms with Gasteiger partial charge >= 0.3 is 0 Å². The zero-order chi connectivity index (χ0) is 15.9. The minimum atomic E-state index is -2.76. The highest BCUT2D eigenvalue weighted by molar-refractivity contribution is 9.10. The van der Waals surface area contributed by atoms with E-state index in [2.05, 4.69) is 31.2 Å². The van der Waals surface area contributed by atoms with E-state index in [-0.39, 0.29) is 11.5 Å². The number of halogens is 3. The molecule has 0 aliphatic heterocycles. The standard InChI is InChI=1S/C14H11BrF2N4O/c1-7-5-8(2)10(6-9(7)15)22-12-4-3-11-18-19-14(13(16)17)21(11)20-12/h3-6,13H,1-2H3. The molecule has 0 aliphatic rings. The quantitative estimate of drug-likeness (QED) is 0.693. The summed E-state index contributed by atoms with van der Waals surface area (Å²) in [5.41, 5.74) is 2.23. The van der Waals surface area contributed by atoms with Crippen molar-refractivity contribution < 1.29 is 13.5 Å². The normalized spacial score (nSPS) is 11.4. The van der Waals surface area contributed by atoms with Gasteiger partial charge in [0.05, 0.1) is 0 Å². The fourth-order valence-corrected chi connectivity index (χ4v) is 2.33. The van der Waals surface area contributed by atoms with Gasteiger partial charge in [0.15, 0.2) is 5.65 Å². The number of alkyl halides is 2. The van der Waals surface area contributed by atoms with Crippen LogP contribution in [0.5, 0.6) is 11.6 Å². The van der Waals surface area contributed by atoms with E-state index in [0.29, 0.717) is 5.75 Å². The molecule has 0 radical (unpaired) electrons. The van der Waals surface area contributed by atoms with Crippen LogP contribution in [0.3, 0.4) is 0 Å². The molecule has 5 nitrogen and oxygen atoms in total. The smallest absolute Gasteiger partial charge is 0.299 e. The van der Waals surface area contributed by atoms with Crippen LogP contribution in [-0.4, -0.2) is 19.8 Å². The maximum Gasteiger partial charge on any atom is 0.299 e. The van der Waals surface area contributed by atoms with E-state index in [0.717, 1.165) is 20.1 Å². The third-order valence-electron chi connectivity index (χ3n) is 3.13. The third-order valence-corrected chi connectivity index (χ3v) is 3.98. The van der Waals surface area contributed by atoms with Crippen LogP contribution in [0, 0.1) is 13.8 Å². The number of ether oxygens (including phenoxy) is 1. The Bertz CT molecular complexity index is 850. The molecule has 0 amide bonds. The lowest BCUT2D eigenvalue weighted by molar-refractivity contribution is 0.137. The number of hydrogen-bond donors (Lipinski definition) is 0. The summed E-state index contributed by atoms with van der Waals surface area (Å²) in [6.07, 6.45) is -2.76. The first-order valence-electron chi connectivity index (χ1n) is 6.41. The SMILES string of the molecule is Cc1cc(C)c(Oc2ccc3nnc(C(F)F)n3n2)cc1Br. The average Bonchev–Trinajstić information content (AvgIpc) is 2.88. The molecule has 0 bridgehead atoms. The van der Waals surface area contributed by atoms with Gasteiger partial charge in [-0.1, -0.05) is 22.0 Å². The van der Waals surface area contributed by atoms with Gasteiger partial charge in [0.1, 0.15) is 5.75 Å². The van der Waals surface area contributed by atoms with Crippen LogP contribution in [0.15, 0.2) is 28.7 Å². The highest BCUT2D eigenvalue weighted by atomic mass is 79.9. The van der Waals surface area contributed by atoms with E-state index in [1.54, 1.807) is 6.07 Å². The molecule has 3 aromatic rings. The molecule has 0 unspecified atom stereocenters. The number of aromatic nitrogens is 4. The summed E-state index contributed by atoms with van der Waals surface area (Å²) >= 11 is 3.43. The monoisotopic (exact) mass is 368 g/mol. The first-order valence-corrected chi connectivity index (χ1v) is 7.20. The van der Waals surface area contributed by atoms with Crippen molar-refractivity contribution in [2.75, 3.05) is 0 Å². The fourth-order valence-electron chi connectivity index (χ4n) is 2.01. The predicted octanol–water partition coefficient (Wildman–Crippen LogP) is 4.23. The summed E-state index contributed by atoms with van der Waals surface area (Å²) in [5, 5.41) is 11.1. The summed E-state index contributed by atoms with van der Waals surface area (Å²) in [7, 11) is 0. The van der Waals surface area contributed by atoms with Gasteiger partial charge < -0.3 is 4.74 Å². The molecule has 0 saturated carbocycles. The number of benzene rings is 1. The molecule has 8 heteroatoms. The van der Waals surface area contributed by atoms with Crippen LogP contribution >= 0.6 is 15.9 Å². The van der Waals surface area contributed by atoms with Gasteiger partial charge in [0.25, 0.3) is 6.43 Å². The molecule has 3 rings (SSSR count). The number of rotatable bonds is 3. The van der Waals surface area contributed by atoms with E-state index in [4.69, 9.17) is 4.74 Å². The predicted molar refractivity (Wildman–Crippen MR) is 79.4 cm³/mol. The van der Waals surface area contributed by atoms with Crippen molar-refractivity contribution >= 4 is 21.6 Å². The number of hydrogen-bond acceptors (Lipinski definition) is 4. The largest absolute Gasteiger partial charge is 0.437 e. The Balaban J connectivity index is 2.00. The van der Waals surface area contributed by atoms with Gasteiger partial charge in [-0.15, -0.1) is 15.3 Å². The summed E-state index contributed by atoms with van der Waals surface area (Å²) in [4.78, 5) is 0. The Morgan fingerprint density at radius 1 is 1.14 bits per heavy atom. The summed E-state index contributed by atoms with van der Waals surface area (Å²) < 4.78 is 33.3. The van der Waals surface area contributed by atoms with Crippen LogP contribution in [0.1, 0.15) is 23.4 Å². The third kappa shape index (κ3) is 2.66. The van der Waals surface area contributed by atoms with E-state index in [9.17, 15) is 8.78 Å². The van der Waals surface area contributed by atoms with Crippen LogP contribution in [-0.2, 0) is 0 Å². The highest BCUT2D eigenvalue weighted by Crippen LogP contribution is 2.30. The lowest BCUT2D eigenvalue weighted by Crippen LogP contribution is -2.01. The first kappa shape index (κ1) is 14.8. The Morgan fingerprint density at radius 3 is 2.64 bits per heavy atom. The van der Waals surface area contributed by atoms with Gasteiger partial charge in [0.2, 0.25) is 11.7 Å². The summed E-state index contributed by atoms with van der Waals surface area (Å²) in [5.74, 6) is 0.270. The minimum absolute atomic E-state index is 0.188. The molecule has 22 heavy (non-hydrogen) atoms. The molecule has 2 aromatic heterocycles. The zero-order valence-corrected chi connectivity index (χ0v) is 13.3. The van der Waals surface area contributed by atoms with Crippen molar-refractivity contribution in [2.45, 2.75) is 20.3 Å². The summed E-state index contributed by atoms with van der Waals surface area (Å²) in [6.45, 7) is 3.87. The Hall–Kier alpha value is -2.09. The van der Waals surface area contributed by atoms with Crippen LogP contribution in [0.25, 0.3) is 5.65 Å². The number of nitrogens with zero attached hydrogens (tertiary/aromatic N) is 4. The molecular weight excluding hydrogens is 358 g/mol. The van der Waals surface area contributed by atoms with Gasteiger partial charge in [-0.25, -0.2) is 8.78 Å². The Morgan fingerprint density at radius 2 is 1.91 bits per heavy atom. The second-order valence-electron chi connectivity index (χ2n) is 4.77. The molecule has 0 aliphatic carbocycles. The topological polar surface area (TPSA) is 52.3 Å². The zero-order valence-electron chi connectivity index (χ0n) is 11.7. The van der Waals surface area contributed by atoms with Crippen molar-refractivity contribution in [2.24, 2.45) is 0 Å². The second kappa shape index (κ2) is 5.60. The van der Waals surface area contributed by atoms with Crippen molar-refractivity contribution in [1.29, 1.82) is 0 Å². The van der Waals surface area contributed by atoms with Gasteiger partial charge in [-0.05, 0) is 37.1 Å². The van der Waals surface area contributed by atoms with Crippen molar-refractivity contribution in [3.63, 3.8) is 0 Å². The molecule has 0 spiro atoms. The van der Waals surface area contributed by atoms with Crippen molar-refractivity contribution in [1.82, 2.24) is 19.8 Å². The Kier molecular flexibility index (Phi) is 3.78. The van der Waals surface area contributed by atoms with Gasteiger partial charge in [-0.3, -0.25) is 0 Å². The van der Waals surface area contributed by atoms with Gasteiger partial charge in [0, 0.05) is 10.5 Å². The maximum absolute atomic E-state index is 12.8. The van der Waals surface area contributed by atoms with E-state index < -0.39 is 12.2 Å². The van der Waals surface area contributed by atoms with E-state index >= 15 is 0 Å². The number of fused-ring (bicyclic) bond motifs is 1. The molecule has 0 N–H and O–H groups in total. The van der Waals surface area contributed by atoms with Crippen LogP contribution in [0.2, 0.25) is 0 Å². The van der Waals surface area contributed by atoms with Gasteiger partial charge in [-0.2, -0.15) is 4.52 Å². The molecule has 0 atom stereocenters. The lowest BCUT2D eigenvalue weighted by atomic mass is 10.1. The maximum atomic E-state index is 12.8. The molecule has 0 saturated heterocycles. The molecular formula is C14H11BrF2N4O. The highest BCUT2D eigenvalue weighted by Gasteiger charge is 2.17. The van der Waals surface area contributed by atoms with E-state index in [1.165, 1.54) is 6.07 Å². The lowest BCUT2D eigenvalue weighted by Gasteiger charge is -2.10. The number of aryl methyl sites for hydroxylation is 2. The van der Waals surface area contributed by atoms with E-state index in [1.807, 2.05) is 26.0 Å². The molecule has 0 fully saturated rings.